The first-order chi connectivity index (χ1) is 9.85. The molecule has 0 aromatic heterocycles. The molecule has 2 rings (SSSR count). The van der Waals surface area contributed by atoms with E-state index in [4.69, 9.17) is 5.11 Å². The van der Waals surface area contributed by atoms with Gasteiger partial charge < -0.3 is 10.4 Å². The van der Waals surface area contributed by atoms with Crippen LogP contribution < -0.4 is 5.32 Å². The molecule has 2 N–H and O–H groups in total. The van der Waals surface area contributed by atoms with Crippen molar-refractivity contribution in [2.45, 2.75) is 38.8 Å². The van der Waals surface area contributed by atoms with Crippen LogP contribution in [0.15, 0.2) is 24.3 Å². The monoisotopic (exact) mass is 290 g/mol. The molecule has 1 aromatic rings. The van der Waals surface area contributed by atoms with Crippen LogP contribution in [-0.2, 0) is 22.6 Å². The van der Waals surface area contributed by atoms with Crippen LogP contribution in [0.3, 0.4) is 0 Å². The Bertz CT molecular complexity index is 582. The summed E-state index contributed by atoms with van der Waals surface area (Å²) in [6.45, 7) is 3.75. The third kappa shape index (κ3) is 3.04. The van der Waals surface area contributed by atoms with Crippen LogP contribution >= 0.6 is 0 Å². The number of imide groups is 1. The lowest BCUT2D eigenvalue weighted by molar-refractivity contribution is -0.136. The van der Waals surface area contributed by atoms with Gasteiger partial charge in [-0.1, -0.05) is 31.2 Å². The van der Waals surface area contributed by atoms with E-state index in [-0.39, 0.29) is 24.9 Å². The number of hydrogen-bond donors (Lipinski definition) is 2. The van der Waals surface area contributed by atoms with Gasteiger partial charge in [0.2, 0.25) is 0 Å². The Balaban J connectivity index is 2.10. The molecule has 6 nitrogen and oxygen atoms in total. The van der Waals surface area contributed by atoms with Crippen molar-refractivity contribution in [2.24, 2.45) is 0 Å². The minimum atomic E-state index is -0.893. The molecule has 1 aliphatic heterocycles. The van der Waals surface area contributed by atoms with E-state index in [0.29, 0.717) is 12.0 Å². The molecule has 0 radical (unpaired) electrons. The maximum atomic E-state index is 12.3. The van der Waals surface area contributed by atoms with E-state index in [2.05, 4.69) is 5.32 Å². The Kier molecular flexibility index (Phi) is 3.97. The summed E-state index contributed by atoms with van der Waals surface area (Å²) in [5.74, 6) is -1.12. The van der Waals surface area contributed by atoms with Crippen LogP contribution in [0.25, 0.3) is 0 Å². The first-order valence-corrected chi connectivity index (χ1v) is 6.79. The molecule has 0 aliphatic carbocycles. The van der Waals surface area contributed by atoms with Gasteiger partial charge >= 0.3 is 12.0 Å². The van der Waals surface area contributed by atoms with Gasteiger partial charge in [0.1, 0.15) is 5.54 Å². The van der Waals surface area contributed by atoms with E-state index >= 15 is 0 Å². The predicted octanol–water partition coefficient (Wildman–Crippen LogP) is 1.53. The minimum absolute atomic E-state index is 0.0443. The summed E-state index contributed by atoms with van der Waals surface area (Å²) in [7, 11) is 0. The number of urea groups is 1. The maximum absolute atomic E-state index is 12.3. The fraction of sp³-hybridized carbons (Fsp3) is 0.400. The van der Waals surface area contributed by atoms with Crippen molar-refractivity contribution in [1.82, 2.24) is 10.2 Å². The van der Waals surface area contributed by atoms with Gasteiger partial charge in [-0.3, -0.25) is 14.5 Å². The summed E-state index contributed by atoms with van der Waals surface area (Å²) in [5, 5.41) is 11.4. The number of hydrogen-bond acceptors (Lipinski definition) is 3. The summed E-state index contributed by atoms with van der Waals surface area (Å²) in [5.41, 5.74) is 0.634. The molecule has 1 heterocycles. The fourth-order valence-corrected chi connectivity index (χ4v) is 2.25. The van der Waals surface area contributed by atoms with Crippen molar-refractivity contribution in [3.63, 3.8) is 0 Å². The molecule has 21 heavy (non-hydrogen) atoms. The van der Waals surface area contributed by atoms with Crippen LogP contribution in [0.5, 0.6) is 0 Å². The van der Waals surface area contributed by atoms with Gasteiger partial charge in [-0.2, -0.15) is 0 Å². The number of carboxylic acids is 1. The molecule has 1 aliphatic rings. The first-order valence-electron chi connectivity index (χ1n) is 6.79. The highest BCUT2D eigenvalue weighted by Gasteiger charge is 2.46. The highest BCUT2D eigenvalue weighted by Crippen LogP contribution is 2.22. The number of carboxylic acid groups (broad SMARTS) is 1. The molecular formula is C15H18N2O4. The van der Waals surface area contributed by atoms with E-state index in [0.717, 1.165) is 5.56 Å². The number of carbonyl (C=O) groups excluding carboxylic acids is 2. The largest absolute Gasteiger partial charge is 0.481 e. The molecule has 1 unspecified atom stereocenters. The molecule has 1 atom stereocenters. The number of carbonyl (C=O) groups is 3. The Hall–Kier alpha value is -2.37. The normalized spacial score (nSPS) is 21.5. The number of benzene rings is 1. The molecule has 3 amide bonds. The molecule has 1 saturated heterocycles. The Morgan fingerprint density at radius 3 is 2.29 bits per heavy atom. The first kappa shape index (κ1) is 15.0. The Labute approximate surface area is 122 Å². The second kappa shape index (κ2) is 5.55. The lowest BCUT2D eigenvalue weighted by Gasteiger charge is -2.19. The van der Waals surface area contributed by atoms with Crippen LogP contribution in [0.4, 0.5) is 4.79 Å². The van der Waals surface area contributed by atoms with Crippen molar-refractivity contribution in [3.8, 4) is 0 Å². The van der Waals surface area contributed by atoms with E-state index in [9.17, 15) is 14.4 Å². The fourth-order valence-electron chi connectivity index (χ4n) is 2.25. The molecule has 0 spiro atoms. The van der Waals surface area contributed by atoms with Crippen LogP contribution in [0.1, 0.15) is 31.4 Å². The highest BCUT2D eigenvalue weighted by molar-refractivity contribution is 6.06. The molecule has 1 fully saturated rings. The van der Waals surface area contributed by atoms with E-state index in [1.807, 2.05) is 6.92 Å². The smallest absolute Gasteiger partial charge is 0.325 e. The lowest BCUT2D eigenvalue weighted by Crippen LogP contribution is -2.43. The van der Waals surface area contributed by atoms with Crippen molar-refractivity contribution >= 4 is 17.9 Å². The second-order valence-electron chi connectivity index (χ2n) is 5.39. The quantitative estimate of drug-likeness (QED) is 0.805. The highest BCUT2D eigenvalue weighted by atomic mass is 16.4. The number of nitrogens with zero attached hydrogens (tertiary/aromatic N) is 1. The van der Waals surface area contributed by atoms with Crippen LogP contribution in [0.2, 0.25) is 0 Å². The Morgan fingerprint density at radius 1 is 1.24 bits per heavy atom. The van der Waals surface area contributed by atoms with Gasteiger partial charge in [-0.15, -0.1) is 0 Å². The second-order valence-corrected chi connectivity index (χ2v) is 5.39. The average Bonchev–Trinajstić information content (AvgIpc) is 2.64. The van der Waals surface area contributed by atoms with Crippen LogP contribution in [-0.4, -0.2) is 33.5 Å². The average molecular weight is 290 g/mol. The molecule has 112 valence electrons. The van der Waals surface area contributed by atoms with Gasteiger partial charge in [0.05, 0.1) is 13.0 Å². The van der Waals surface area contributed by atoms with Gasteiger partial charge in [0.15, 0.2) is 0 Å². The third-order valence-corrected chi connectivity index (χ3v) is 3.77. The van der Waals surface area contributed by atoms with E-state index < -0.39 is 11.5 Å². The maximum Gasteiger partial charge on any atom is 0.325 e. The van der Waals surface area contributed by atoms with Crippen molar-refractivity contribution < 1.29 is 19.5 Å². The summed E-state index contributed by atoms with van der Waals surface area (Å²) < 4.78 is 0. The zero-order valence-corrected chi connectivity index (χ0v) is 12.0. The number of aliphatic carboxylic acids is 1. The molecule has 6 heteroatoms. The van der Waals surface area contributed by atoms with Crippen molar-refractivity contribution in [2.75, 3.05) is 0 Å². The molecular weight excluding hydrogens is 272 g/mol. The zero-order valence-electron chi connectivity index (χ0n) is 12.0. The van der Waals surface area contributed by atoms with E-state index in [1.165, 1.54) is 4.90 Å². The SMILES string of the molecule is CCC1(C)NC(=O)N(Cc2ccc(CC(=O)O)cc2)C1=O. The number of amides is 3. The van der Waals surface area contributed by atoms with Gasteiger partial charge in [0, 0.05) is 0 Å². The zero-order chi connectivity index (χ0) is 15.6. The van der Waals surface area contributed by atoms with Gasteiger partial charge in [-0.05, 0) is 24.5 Å². The summed E-state index contributed by atoms with van der Waals surface area (Å²) in [6.07, 6.45) is 0.489. The summed E-state index contributed by atoms with van der Waals surface area (Å²) >= 11 is 0. The third-order valence-electron chi connectivity index (χ3n) is 3.77. The number of rotatable bonds is 5. The summed E-state index contributed by atoms with van der Waals surface area (Å²) in [6, 6.07) is 6.47. The minimum Gasteiger partial charge on any atom is -0.481 e. The number of nitrogens with one attached hydrogen (secondary N) is 1. The van der Waals surface area contributed by atoms with Crippen molar-refractivity contribution in [3.05, 3.63) is 35.4 Å². The predicted molar refractivity (Wildman–Crippen MR) is 75.6 cm³/mol. The van der Waals surface area contributed by atoms with Crippen LogP contribution in [0, 0.1) is 0 Å². The summed E-state index contributed by atoms with van der Waals surface area (Å²) in [4.78, 5) is 35.9. The lowest BCUT2D eigenvalue weighted by atomic mass is 9.99. The molecule has 1 aromatic carbocycles. The molecule has 0 bridgehead atoms. The standard InChI is InChI=1S/C15H18N2O4/c1-3-15(2)13(20)17(14(21)16-15)9-11-6-4-10(5-7-11)8-12(18)19/h4-7H,3,8-9H2,1-2H3,(H,16,21)(H,18,19). The van der Waals surface area contributed by atoms with E-state index in [1.54, 1.807) is 31.2 Å². The topological polar surface area (TPSA) is 86.7 Å². The van der Waals surface area contributed by atoms with Gasteiger partial charge in [-0.25, -0.2) is 4.79 Å². The Morgan fingerprint density at radius 2 is 1.81 bits per heavy atom. The van der Waals surface area contributed by atoms with Crippen molar-refractivity contribution in [1.29, 1.82) is 0 Å². The molecule has 0 saturated carbocycles. The van der Waals surface area contributed by atoms with Gasteiger partial charge in [0.25, 0.3) is 5.91 Å².